The lowest BCUT2D eigenvalue weighted by molar-refractivity contribution is 0.207. The minimum absolute atomic E-state index is 0.724. The molecule has 1 aromatic carbocycles. The third-order valence-corrected chi connectivity index (χ3v) is 4.65. The lowest BCUT2D eigenvalue weighted by Crippen LogP contribution is -2.41. The zero-order valence-electron chi connectivity index (χ0n) is 13.2. The fraction of sp³-hybridized carbons (Fsp3) is 0.667. The molecule has 1 N–H and O–H groups in total. The fourth-order valence-electron chi connectivity index (χ4n) is 3.41. The Morgan fingerprint density at radius 3 is 2.50 bits per heavy atom. The smallest absolute Gasteiger partial charge is 0.118 e. The molecular weight excluding hydrogens is 246 g/mol. The molecule has 1 aliphatic rings. The SMILES string of the molecule is COc1ccc(CCNC2CCCCC2C(C)C)cc1. The van der Waals surface area contributed by atoms with E-state index in [1.807, 2.05) is 12.1 Å². The average Bonchev–Trinajstić information content (AvgIpc) is 2.48. The van der Waals surface area contributed by atoms with E-state index < -0.39 is 0 Å². The third-order valence-electron chi connectivity index (χ3n) is 4.65. The summed E-state index contributed by atoms with van der Waals surface area (Å²) < 4.78 is 5.19. The molecule has 0 aliphatic heterocycles. The molecule has 112 valence electrons. The molecule has 1 aromatic rings. The van der Waals surface area contributed by atoms with Crippen LogP contribution in [0, 0.1) is 11.8 Å². The van der Waals surface area contributed by atoms with Crippen LogP contribution in [0.2, 0.25) is 0 Å². The van der Waals surface area contributed by atoms with Gasteiger partial charge in [-0.1, -0.05) is 38.8 Å². The van der Waals surface area contributed by atoms with Crippen molar-refractivity contribution in [3.05, 3.63) is 29.8 Å². The molecule has 2 heteroatoms. The summed E-state index contributed by atoms with van der Waals surface area (Å²) in [6.07, 6.45) is 6.66. The Morgan fingerprint density at radius 2 is 1.85 bits per heavy atom. The molecule has 2 atom stereocenters. The van der Waals surface area contributed by atoms with Crippen LogP contribution in [0.1, 0.15) is 45.1 Å². The van der Waals surface area contributed by atoms with Crippen molar-refractivity contribution in [2.75, 3.05) is 13.7 Å². The highest BCUT2D eigenvalue weighted by molar-refractivity contribution is 5.27. The first kappa shape index (κ1) is 15.4. The predicted molar refractivity (Wildman–Crippen MR) is 85.3 cm³/mol. The van der Waals surface area contributed by atoms with E-state index >= 15 is 0 Å². The Balaban J connectivity index is 1.78. The number of nitrogens with one attached hydrogen (secondary N) is 1. The van der Waals surface area contributed by atoms with E-state index in [1.165, 1.54) is 31.2 Å². The molecule has 2 rings (SSSR count). The van der Waals surface area contributed by atoms with Crippen molar-refractivity contribution >= 4 is 0 Å². The van der Waals surface area contributed by atoms with E-state index in [0.717, 1.165) is 36.6 Å². The van der Waals surface area contributed by atoms with Gasteiger partial charge in [0, 0.05) is 6.04 Å². The van der Waals surface area contributed by atoms with Gasteiger partial charge in [0.05, 0.1) is 7.11 Å². The first-order chi connectivity index (χ1) is 9.70. The highest BCUT2D eigenvalue weighted by Gasteiger charge is 2.26. The summed E-state index contributed by atoms with van der Waals surface area (Å²) >= 11 is 0. The first-order valence-corrected chi connectivity index (χ1v) is 8.07. The Morgan fingerprint density at radius 1 is 1.15 bits per heavy atom. The third kappa shape index (κ3) is 4.24. The van der Waals surface area contributed by atoms with E-state index in [9.17, 15) is 0 Å². The number of hydrogen-bond acceptors (Lipinski definition) is 2. The van der Waals surface area contributed by atoms with Crippen molar-refractivity contribution in [2.24, 2.45) is 11.8 Å². The summed E-state index contributed by atoms with van der Waals surface area (Å²) in [5, 5.41) is 3.80. The molecule has 20 heavy (non-hydrogen) atoms. The highest BCUT2D eigenvalue weighted by Crippen LogP contribution is 2.30. The summed E-state index contributed by atoms with van der Waals surface area (Å²) in [5.74, 6) is 2.60. The van der Waals surface area contributed by atoms with Crippen molar-refractivity contribution < 1.29 is 4.74 Å². The van der Waals surface area contributed by atoms with E-state index in [4.69, 9.17) is 4.74 Å². The Labute approximate surface area is 123 Å². The summed E-state index contributed by atoms with van der Waals surface area (Å²) in [6.45, 7) is 5.82. The minimum Gasteiger partial charge on any atom is -0.497 e. The molecule has 0 heterocycles. The van der Waals surface area contributed by atoms with Gasteiger partial charge in [-0.25, -0.2) is 0 Å². The number of ether oxygens (including phenoxy) is 1. The maximum Gasteiger partial charge on any atom is 0.118 e. The second-order valence-corrected chi connectivity index (χ2v) is 6.35. The molecule has 0 saturated heterocycles. The Bertz CT molecular complexity index is 385. The van der Waals surface area contributed by atoms with E-state index in [-0.39, 0.29) is 0 Å². The number of benzene rings is 1. The summed E-state index contributed by atoms with van der Waals surface area (Å²) in [7, 11) is 1.71. The van der Waals surface area contributed by atoms with Gasteiger partial charge in [-0.05, 0) is 55.3 Å². The van der Waals surface area contributed by atoms with Gasteiger partial charge in [0.15, 0.2) is 0 Å². The minimum atomic E-state index is 0.724. The molecule has 0 radical (unpaired) electrons. The quantitative estimate of drug-likeness (QED) is 0.846. The predicted octanol–water partition coefficient (Wildman–Crippen LogP) is 4.04. The van der Waals surface area contributed by atoms with E-state index in [2.05, 4.69) is 31.3 Å². The number of methoxy groups -OCH3 is 1. The van der Waals surface area contributed by atoms with Crippen LogP contribution < -0.4 is 10.1 Å². The van der Waals surface area contributed by atoms with Crippen LogP contribution in [0.4, 0.5) is 0 Å². The van der Waals surface area contributed by atoms with Gasteiger partial charge in [0.1, 0.15) is 5.75 Å². The molecule has 0 aromatic heterocycles. The molecule has 2 unspecified atom stereocenters. The molecule has 2 nitrogen and oxygen atoms in total. The molecule has 1 aliphatic carbocycles. The van der Waals surface area contributed by atoms with Crippen LogP contribution in [0.25, 0.3) is 0 Å². The van der Waals surface area contributed by atoms with Gasteiger partial charge in [-0.2, -0.15) is 0 Å². The standard InChI is InChI=1S/C18H29NO/c1-14(2)17-6-4-5-7-18(17)19-13-12-15-8-10-16(20-3)11-9-15/h8-11,14,17-19H,4-7,12-13H2,1-3H3. The number of hydrogen-bond donors (Lipinski definition) is 1. The number of rotatable bonds is 6. The lowest BCUT2D eigenvalue weighted by Gasteiger charge is -2.35. The van der Waals surface area contributed by atoms with Gasteiger partial charge in [-0.3, -0.25) is 0 Å². The lowest BCUT2D eigenvalue weighted by atomic mass is 9.78. The van der Waals surface area contributed by atoms with Gasteiger partial charge in [0.25, 0.3) is 0 Å². The summed E-state index contributed by atoms with van der Waals surface area (Å²) in [4.78, 5) is 0. The van der Waals surface area contributed by atoms with Crippen molar-refractivity contribution in [2.45, 2.75) is 52.0 Å². The average molecular weight is 275 g/mol. The van der Waals surface area contributed by atoms with Crippen molar-refractivity contribution in [3.8, 4) is 5.75 Å². The second-order valence-electron chi connectivity index (χ2n) is 6.35. The van der Waals surface area contributed by atoms with E-state index in [0.29, 0.717) is 0 Å². The van der Waals surface area contributed by atoms with Crippen LogP contribution in [-0.2, 0) is 6.42 Å². The van der Waals surface area contributed by atoms with Crippen LogP contribution in [0.3, 0.4) is 0 Å². The molecule has 0 bridgehead atoms. The van der Waals surface area contributed by atoms with Crippen LogP contribution in [-0.4, -0.2) is 19.7 Å². The molecule has 0 spiro atoms. The van der Waals surface area contributed by atoms with Gasteiger partial charge in [-0.15, -0.1) is 0 Å². The first-order valence-electron chi connectivity index (χ1n) is 8.07. The molecule has 1 saturated carbocycles. The van der Waals surface area contributed by atoms with Gasteiger partial charge >= 0.3 is 0 Å². The largest absolute Gasteiger partial charge is 0.497 e. The Hall–Kier alpha value is -1.02. The summed E-state index contributed by atoms with van der Waals surface area (Å²) in [6, 6.07) is 9.16. The second kappa shape index (κ2) is 7.68. The van der Waals surface area contributed by atoms with Crippen molar-refractivity contribution in [3.63, 3.8) is 0 Å². The normalized spacial score (nSPS) is 23.0. The van der Waals surface area contributed by atoms with Crippen LogP contribution in [0.15, 0.2) is 24.3 Å². The maximum atomic E-state index is 5.19. The summed E-state index contributed by atoms with van der Waals surface area (Å²) in [5.41, 5.74) is 1.38. The monoisotopic (exact) mass is 275 g/mol. The fourth-order valence-corrected chi connectivity index (χ4v) is 3.41. The Kier molecular flexibility index (Phi) is 5.90. The highest BCUT2D eigenvalue weighted by atomic mass is 16.5. The van der Waals surface area contributed by atoms with Gasteiger partial charge in [0.2, 0.25) is 0 Å². The topological polar surface area (TPSA) is 21.3 Å². The van der Waals surface area contributed by atoms with Crippen LogP contribution >= 0.6 is 0 Å². The van der Waals surface area contributed by atoms with Crippen LogP contribution in [0.5, 0.6) is 5.75 Å². The zero-order valence-corrected chi connectivity index (χ0v) is 13.2. The molecule has 1 fully saturated rings. The zero-order chi connectivity index (χ0) is 14.4. The van der Waals surface area contributed by atoms with Crippen molar-refractivity contribution in [1.29, 1.82) is 0 Å². The molecular formula is C18H29NO. The maximum absolute atomic E-state index is 5.19. The van der Waals surface area contributed by atoms with Gasteiger partial charge < -0.3 is 10.1 Å². The van der Waals surface area contributed by atoms with E-state index in [1.54, 1.807) is 7.11 Å². The molecule has 0 amide bonds. The van der Waals surface area contributed by atoms with Crippen molar-refractivity contribution in [1.82, 2.24) is 5.32 Å².